The molecule has 0 bridgehead atoms. The van der Waals surface area contributed by atoms with Gasteiger partial charge in [0.2, 0.25) is 0 Å². The lowest BCUT2D eigenvalue weighted by molar-refractivity contribution is 1.25. The number of hydrogen-bond donors (Lipinski definition) is 1. The second-order valence-electron chi connectivity index (χ2n) is 3.86. The highest BCUT2D eigenvalue weighted by Gasteiger charge is 2.18. The zero-order chi connectivity index (χ0) is 10.3. The monoisotopic (exact) mass is 193 g/mol. The zero-order valence-electron chi connectivity index (χ0n) is 8.33. The molecule has 0 atom stereocenters. The summed E-state index contributed by atoms with van der Waals surface area (Å²) < 4.78 is 0. The highest BCUT2D eigenvalue weighted by atomic mass is 14.4. The van der Waals surface area contributed by atoms with Crippen molar-refractivity contribution in [3.8, 4) is 11.1 Å². The summed E-state index contributed by atoms with van der Waals surface area (Å²) in [6, 6.07) is 16.5. The Bertz CT molecular complexity index is 541. The van der Waals surface area contributed by atoms with Crippen LogP contribution in [0.5, 0.6) is 0 Å². The number of rotatable bonds is 0. The maximum atomic E-state index is 8.00. The standard InChI is InChI=1S/C14H11N/c15-14-9-10-5-1-2-6-11(10)12-7-3-4-8-13(12)14/h1-8,15H,9H2. The van der Waals surface area contributed by atoms with Crippen LogP contribution in [0.25, 0.3) is 11.1 Å². The molecule has 0 saturated carbocycles. The quantitative estimate of drug-likeness (QED) is 0.664. The van der Waals surface area contributed by atoms with E-state index in [0.29, 0.717) is 0 Å². The van der Waals surface area contributed by atoms with Crippen molar-refractivity contribution < 1.29 is 0 Å². The van der Waals surface area contributed by atoms with Crippen molar-refractivity contribution in [2.24, 2.45) is 0 Å². The second kappa shape index (κ2) is 3.06. The first-order valence-electron chi connectivity index (χ1n) is 5.11. The first kappa shape index (κ1) is 8.42. The van der Waals surface area contributed by atoms with Gasteiger partial charge in [0.15, 0.2) is 0 Å². The van der Waals surface area contributed by atoms with Gasteiger partial charge in [-0.15, -0.1) is 0 Å². The molecule has 2 aromatic carbocycles. The highest BCUT2D eigenvalue weighted by Crippen LogP contribution is 2.32. The number of hydrogen-bond acceptors (Lipinski definition) is 1. The predicted molar refractivity (Wildman–Crippen MR) is 62.4 cm³/mol. The zero-order valence-corrected chi connectivity index (χ0v) is 8.33. The summed E-state index contributed by atoms with van der Waals surface area (Å²) >= 11 is 0. The average molecular weight is 193 g/mol. The van der Waals surface area contributed by atoms with E-state index in [2.05, 4.69) is 24.3 Å². The van der Waals surface area contributed by atoms with Crippen molar-refractivity contribution in [3.05, 3.63) is 59.7 Å². The van der Waals surface area contributed by atoms with E-state index >= 15 is 0 Å². The Labute approximate surface area is 88.9 Å². The fraction of sp³-hybridized carbons (Fsp3) is 0.0714. The molecule has 1 aliphatic carbocycles. The van der Waals surface area contributed by atoms with Crippen molar-refractivity contribution in [2.45, 2.75) is 6.42 Å². The first-order valence-corrected chi connectivity index (χ1v) is 5.11. The smallest absolute Gasteiger partial charge is 0.0436 e. The molecule has 0 spiro atoms. The summed E-state index contributed by atoms with van der Waals surface area (Å²) in [5.74, 6) is 0. The summed E-state index contributed by atoms with van der Waals surface area (Å²) in [7, 11) is 0. The van der Waals surface area contributed by atoms with Gasteiger partial charge in [0.05, 0.1) is 0 Å². The van der Waals surface area contributed by atoms with E-state index in [9.17, 15) is 0 Å². The van der Waals surface area contributed by atoms with Gasteiger partial charge in [-0.05, 0) is 16.7 Å². The normalized spacial score (nSPS) is 13.2. The number of fused-ring (bicyclic) bond motifs is 3. The molecule has 0 heterocycles. The van der Waals surface area contributed by atoms with Gasteiger partial charge in [-0.1, -0.05) is 48.5 Å². The Morgan fingerprint density at radius 1 is 0.733 bits per heavy atom. The van der Waals surface area contributed by atoms with E-state index in [-0.39, 0.29) is 0 Å². The molecule has 0 radical (unpaired) electrons. The third-order valence-electron chi connectivity index (χ3n) is 2.93. The second-order valence-corrected chi connectivity index (χ2v) is 3.86. The Hall–Kier alpha value is -1.89. The number of benzene rings is 2. The predicted octanol–water partition coefficient (Wildman–Crippen LogP) is 3.28. The van der Waals surface area contributed by atoms with Crippen LogP contribution in [-0.2, 0) is 6.42 Å². The summed E-state index contributed by atoms with van der Waals surface area (Å²) in [6.45, 7) is 0. The van der Waals surface area contributed by atoms with Crippen molar-refractivity contribution in [1.29, 1.82) is 5.41 Å². The van der Waals surface area contributed by atoms with Gasteiger partial charge >= 0.3 is 0 Å². The molecule has 1 aliphatic rings. The third kappa shape index (κ3) is 1.20. The molecule has 1 heteroatoms. The van der Waals surface area contributed by atoms with Gasteiger partial charge in [0.25, 0.3) is 0 Å². The molecule has 0 amide bonds. The van der Waals surface area contributed by atoms with E-state index in [0.717, 1.165) is 17.7 Å². The average Bonchev–Trinajstić information content (AvgIpc) is 2.30. The molecule has 15 heavy (non-hydrogen) atoms. The van der Waals surface area contributed by atoms with Crippen LogP contribution in [0.2, 0.25) is 0 Å². The lowest BCUT2D eigenvalue weighted by Gasteiger charge is -2.20. The van der Waals surface area contributed by atoms with Crippen LogP contribution in [0.4, 0.5) is 0 Å². The molecule has 0 aliphatic heterocycles. The molecule has 2 aromatic rings. The fourth-order valence-electron chi connectivity index (χ4n) is 2.20. The van der Waals surface area contributed by atoms with Crippen molar-refractivity contribution in [2.75, 3.05) is 0 Å². The van der Waals surface area contributed by atoms with E-state index < -0.39 is 0 Å². The maximum absolute atomic E-state index is 8.00. The first-order chi connectivity index (χ1) is 7.36. The highest BCUT2D eigenvalue weighted by molar-refractivity contribution is 6.08. The Kier molecular flexibility index (Phi) is 1.72. The van der Waals surface area contributed by atoms with Crippen LogP contribution in [0.3, 0.4) is 0 Å². The van der Waals surface area contributed by atoms with E-state index in [1.54, 1.807) is 0 Å². The van der Waals surface area contributed by atoms with Crippen molar-refractivity contribution in [1.82, 2.24) is 0 Å². The molecular formula is C14H11N. The fourth-order valence-corrected chi connectivity index (χ4v) is 2.20. The van der Waals surface area contributed by atoms with Gasteiger partial charge < -0.3 is 5.41 Å². The van der Waals surface area contributed by atoms with Gasteiger partial charge in [-0.25, -0.2) is 0 Å². The van der Waals surface area contributed by atoms with Gasteiger partial charge in [-0.3, -0.25) is 0 Å². The molecular weight excluding hydrogens is 182 g/mol. The van der Waals surface area contributed by atoms with Crippen molar-refractivity contribution in [3.63, 3.8) is 0 Å². The van der Waals surface area contributed by atoms with E-state index in [1.807, 2.05) is 24.3 Å². The minimum absolute atomic E-state index is 0.726. The summed E-state index contributed by atoms with van der Waals surface area (Å²) in [5.41, 5.74) is 5.55. The van der Waals surface area contributed by atoms with Gasteiger partial charge in [0.1, 0.15) is 0 Å². The summed E-state index contributed by atoms with van der Waals surface area (Å²) in [5, 5.41) is 8.00. The van der Waals surface area contributed by atoms with Crippen LogP contribution < -0.4 is 0 Å². The van der Waals surface area contributed by atoms with Crippen LogP contribution in [0, 0.1) is 5.41 Å². The van der Waals surface area contributed by atoms with Gasteiger partial charge in [0, 0.05) is 17.7 Å². The SMILES string of the molecule is N=C1Cc2ccccc2-c2ccccc21. The van der Waals surface area contributed by atoms with Crippen molar-refractivity contribution >= 4 is 5.71 Å². The largest absolute Gasteiger partial charge is 0.304 e. The minimum Gasteiger partial charge on any atom is -0.304 e. The Balaban J connectivity index is 2.34. The third-order valence-corrected chi connectivity index (χ3v) is 2.93. The molecule has 0 fully saturated rings. The van der Waals surface area contributed by atoms with Crippen LogP contribution in [-0.4, -0.2) is 5.71 Å². The summed E-state index contributed by atoms with van der Waals surface area (Å²) in [6.07, 6.45) is 0.757. The molecule has 0 unspecified atom stereocenters. The Morgan fingerprint density at radius 3 is 2.13 bits per heavy atom. The summed E-state index contributed by atoms with van der Waals surface area (Å²) in [4.78, 5) is 0. The van der Waals surface area contributed by atoms with E-state index in [1.165, 1.54) is 16.7 Å². The maximum Gasteiger partial charge on any atom is 0.0436 e. The molecule has 1 N–H and O–H groups in total. The number of nitrogens with one attached hydrogen (secondary N) is 1. The van der Waals surface area contributed by atoms with Crippen LogP contribution >= 0.6 is 0 Å². The molecule has 72 valence electrons. The lowest BCUT2D eigenvalue weighted by atomic mass is 9.84. The minimum atomic E-state index is 0.726. The van der Waals surface area contributed by atoms with Crippen LogP contribution in [0.15, 0.2) is 48.5 Å². The van der Waals surface area contributed by atoms with Crippen LogP contribution in [0.1, 0.15) is 11.1 Å². The molecule has 3 rings (SSSR count). The molecule has 1 nitrogen and oxygen atoms in total. The topological polar surface area (TPSA) is 23.9 Å². The molecule has 0 aromatic heterocycles. The van der Waals surface area contributed by atoms with Gasteiger partial charge in [-0.2, -0.15) is 0 Å². The lowest BCUT2D eigenvalue weighted by Crippen LogP contribution is -2.11. The molecule has 0 saturated heterocycles. The van der Waals surface area contributed by atoms with E-state index in [4.69, 9.17) is 5.41 Å². The Morgan fingerprint density at radius 2 is 1.33 bits per heavy atom.